The van der Waals surface area contributed by atoms with Crippen LogP contribution in [-0.2, 0) is 0 Å². The summed E-state index contributed by atoms with van der Waals surface area (Å²) >= 11 is 3.46. The summed E-state index contributed by atoms with van der Waals surface area (Å²) in [6.45, 7) is 4.26. The van der Waals surface area contributed by atoms with Crippen molar-refractivity contribution in [3.63, 3.8) is 0 Å². The van der Waals surface area contributed by atoms with Crippen molar-refractivity contribution >= 4 is 15.9 Å². The van der Waals surface area contributed by atoms with E-state index in [1.165, 1.54) is 0 Å². The van der Waals surface area contributed by atoms with Crippen LogP contribution >= 0.6 is 15.9 Å². The maximum Gasteiger partial charge on any atom is 0.231 e. The number of nitrogens with two attached hydrogens (primary N) is 1. The summed E-state index contributed by atoms with van der Waals surface area (Å²) in [6.07, 6.45) is 0.309. The molecule has 1 heterocycles. The molecule has 3 N–H and O–H groups in total. The SMILES string of the molecule is CCC(C)[C@H](O)[C@H](N)c1cc2c(cc1Br)OCO2. The standard InChI is InChI=1S/C13H18BrNO3/c1-3-7(2)13(16)12(15)8-4-10-11(5-9(8)14)18-6-17-10/h4-5,7,12-13,16H,3,6,15H2,1-2H3/t7?,12-,13+/m1/s1. The van der Waals surface area contributed by atoms with Crippen LogP contribution in [0, 0.1) is 5.92 Å². The van der Waals surface area contributed by atoms with E-state index in [-0.39, 0.29) is 12.7 Å². The van der Waals surface area contributed by atoms with Gasteiger partial charge in [-0.2, -0.15) is 0 Å². The van der Waals surface area contributed by atoms with Crippen molar-refractivity contribution in [1.82, 2.24) is 0 Å². The van der Waals surface area contributed by atoms with Gasteiger partial charge in [-0.1, -0.05) is 36.2 Å². The average Bonchev–Trinajstić information content (AvgIpc) is 2.82. The first-order valence-electron chi connectivity index (χ1n) is 6.07. The fourth-order valence-corrected chi connectivity index (χ4v) is 2.55. The molecule has 0 radical (unpaired) electrons. The minimum absolute atomic E-state index is 0.150. The number of halogens is 1. The molecule has 1 aliphatic heterocycles. The van der Waals surface area contributed by atoms with Gasteiger partial charge in [0, 0.05) is 4.47 Å². The van der Waals surface area contributed by atoms with Crippen molar-refractivity contribution in [2.45, 2.75) is 32.4 Å². The van der Waals surface area contributed by atoms with Crippen LogP contribution < -0.4 is 15.2 Å². The maximum atomic E-state index is 10.2. The Morgan fingerprint density at radius 1 is 1.39 bits per heavy atom. The highest BCUT2D eigenvalue weighted by atomic mass is 79.9. The van der Waals surface area contributed by atoms with E-state index in [9.17, 15) is 5.11 Å². The predicted molar refractivity (Wildman–Crippen MR) is 72.7 cm³/mol. The van der Waals surface area contributed by atoms with E-state index in [1.807, 2.05) is 26.0 Å². The third-order valence-corrected chi connectivity index (χ3v) is 4.13. The molecule has 5 heteroatoms. The monoisotopic (exact) mass is 315 g/mol. The summed E-state index contributed by atoms with van der Waals surface area (Å²) in [6, 6.07) is 3.23. The molecule has 100 valence electrons. The van der Waals surface area contributed by atoms with Crippen molar-refractivity contribution in [2.75, 3.05) is 6.79 Å². The molecule has 1 aromatic carbocycles. The van der Waals surface area contributed by atoms with Crippen molar-refractivity contribution in [3.8, 4) is 11.5 Å². The van der Waals surface area contributed by atoms with Crippen LogP contribution in [0.15, 0.2) is 16.6 Å². The molecule has 0 saturated heterocycles. The Hall–Kier alpha value is -0.780. The summed E-state index contributed by atoms with van der Waals surface area (Å²) in [5.41, 5.74) is 6.97. The van der Waals surface area contributed by atoms with Gasteiger partial charge in [0.2, 0.25) is 6.79 Å². The van der Waals surface area contributed by atoms with Gasteiger partial charge in [-0.05, 0) is 23.6 Å². The van der Waals surface area contributed by atoms with E-state index in [0.717, 1.165) is 16.5 Å². The second-order valence-electron chi connectivity index (χ2n) is 4.63. The molecule has 0 aromatic heterocycles. The first-order valence-corrected chi connectivity index (χ1v) is 6.86. The number of hydrogen-bond acceptors (Lipinski definition) is 4. The fourth-order valence-electron chi connectivity index (χ4n) is 1.97. The molecule has 2 rings (SSSR count). The summed E-state index contributed by atoms with van der Waals surface area (Å²) < 4.78 is 11.5. The van der Waals surface area contributed by atoms with Crippen molar-refractivity contribution < 1.29 is 14.6 Å². The highest BCUT2D eigenvalue weighted by molar-refractivity contribution is 9.10. The predicted octanol–water partition coefficient (Wildman–Crippen LogP) is 2.58. The van der Waals surface area contributed by atoms with Gasteiger partial charge < -0.3 is 20.3 Å². The van der Waals surface area contributed by atoms with Crippen LogP contribution in [-0.4, -0.2) is 18.0 Å². The minimum atomic E-state index is -0.577. The fraction of sp³-hybridized carbons (Fsp3) is 0.538. The lowest BCUT2D eigenvalue weighted by Gasteiger charge is -2.25. The number of hydrogen-bond donors (Lipinski definition) is 2. The van der Waals surface area contributed by atoms with Gasteiger partial charge in [0.25, 0.3) is 0 Å². The lowest BCUT2D eigenvalue weighted by Crippen LogP contribution is -2.31. The zero-order chi connectivity index (χ0) is 13.3. The number of fused-ring (bicyclic) bond motifs is 1. The maximum absolute atomic E-state index is 10.2. The quantitative estimate of drug-likeness (QED) is 0.896. The Labute approximate surface area is 115 Å². The molecule has 0 spiro atoms. The molecule has 0 fully saturated rings. The third kappa shape index (κ3) is 2.48. The third-order valence-electron chi connectivity index (χ3n) is 3.45. The van der Waals surface area contributed by atoms with Crippen LogP contribution in [0.2, 0.25) is 0 Å². The second-order valence-corrected chi connectivity index (χ2v) is 5.48. The smallest absolute Gasteiger partial charge is 0.231 e. The number of aliphatic hydroxyl groups is 1. The van der Waals surface area contributed by atoms with Gasteiger partial charge in [-0.25, -0.2) is 0 Å². The number of benzene rings is 1. The summed E-state index contributed by atoms with van der Waals surface area (Å²) in [5.74, 6) is 1.54. The molecular formula is C13H18BrNO3. The van der Waals surface area contributed by atoms with Gasteiger partial charge in [-0.15, -0.1) is 0 Å². The van der Waals surface area contributed by atoms with Crippen molar-refractivity contribution in [2.24, 2.45) is 11.7 Å². The number of rotatable bonds is 4. The largest absolute Gasteiger partial charge is 0.454 e. The Bertz CT molecular complexity index is 438. The van der Waals surface area contributed by atoms with Gasteiger partial charge in [0.1, 0.15) is 0 Å². The Balaban J connectivity index is 2.28. The second kappa shape index (κ2) is 5.47. The molecule has 4 nitrogen and oxygen atoms in total. The molecule has 1 aliphatic rings. The van der Waals surface area contributed by atoms with E-state index >= 15 is 0 Å². The zero-order valence-corrected chi connectivity index (χ0v) is 12.1. The van der Waals surface area contributed by atoms with E-state index in [2.05, 4.69) is 15.9 Å². The minimum Gasteiger partial charge on any atom is -0.454 e. The van der Waals surface area contributed by atoms with E-state index < -0.39 is 12.1 Å². The molecule has 0 aliphatic carbocycles. The lowest BCUT2D eigenvalue weighted by atomic mass is 9.91. The highest BCUT2D eigenvalue weighted by Crippen LogP contribution is 2.39. The van der Waals surface area contributed by atoms with Crippen molar-refractivity contribution in [3.05, 3.63) is 22.2 Å². The number of ether oxygens (including phenoxy) is 2. The van der Waals surface area contributed by atoms with E-state index in [4.69, 9.17) is 15.2 Å². The summed E-state index contributed by atoms with van der Waals surface area (Å²) in [4.78, 5) is 0. The summed E-state index contributed by atoms with van der Waals surface area (Å²) in [5, 5.41) is 10.2. The van der Waals surface area contributed by atoms with Gasteiger partial charge in [-0.3, -0.25) is 0 Å². The van der Waals surface area contributed by atoms with E-state index in [1.54, 1.807) is 0 Å². The van der Waals surface area contributed by atoms with Gasteiger partial charge >= 0.3 is 0 Å². The van der Waals surface area contributed by atoms with Crippen LogP contribution in [0.1, 0.15) is 31.9 Å². The van der Waals surface area contributed by atoms with Gasteiger partial charge in [0.05, 0.1) is 12.1 Å². The topological polar surface area (TPSA) is 64.7 Å². The number of aliphatic hydroxyl groups excluding tert-OH is 1. The average molecular weight is 316 g/mol. The summed E-state index contributed by atoms with van der Waals surface area (Å²) in [7, 11) is 0. The molecule has 0 saturated carbocycles. The molecule has 1 unspecified atom stereocenters. The first kappa shape index (κ1) is 13.6. The molecule has 1 aromatic rings. The first-order chi connectivity index (χ1) is 8.54. The van der Waals surface area contributed by atoms with Crippen LogP contribution in [0.5, 0.6) is 11.5 Å². The Kier molecular flexibility index (Phi) is 4.14. The molecule has 18 heavy (non-hydrogen) atoms. The van der Waals surface area contributed by atoms with E-state index in [0.29, 0.717) is 11.5 Å². The lowest BCUT2D eigenvalue weighted by molar-refractivity contribution is 0.0877. The highest BCUT2D eigenvalue weighted by Gasteiger charge is 2.26. The Morgan fingerprint density at radius 3 is 2.61 bits per heavy atom. The van der Waals surface area contributed by atoms with Crippen LogP contribution in [0.4, 0.5) is 0 Å². The van der Waals surface area contributed by atoms with Gasteiger partial charge in [0.15, 0.2) is 11.5 Å². The van der Waals surface area contributed by atoms with Crippen molar-refractivity contribution in [1.29, 1.82) is 0 Å². The molecule has 3 atom stereocenters. The van der Waals surface area contributed by atoms with Crippen LogP contribution in [0.25, 0.3) is 0 Å². The molecule has 0 amide bonds. The Morgan fingerprint density at radius 2 is 2.00 bits per heavy atom. The van der Waals surface area contributed by atoms with Crippen LogP contribution in [0.3, 0.4) is 0 Å². The molecular weight excluding hydrogens is 298 g/mol. The molecule has 0 bridgehead atoms. The zero-order valence-electron chi connectivity index (χ0n) is 10.5. The normalized spacial score (nSPS) is 18.5.